The second kappa shape index (κ2) is 16.6. The Hall–Kier alpha value is 0.120. The van der Waals surface area contributed by atoms with E-state index in [1.54, 1.807) is 7.05 Å². The van der Waals surface area contributed by atoms with Crippen LogP contribution in [0.1, 0.15) is 71.1 Å². The van der Waals surface area contributed by atoms with Crippen molar-refractivity contribution in [1.82, 2.24) is 4.90 Å². The van der Waals surface area contributed by atoms with Gasteiger partial charge in [-0.25, -0.2) is 8.42 Å². The zero-order chi connectivity index (χ0) is 17.6. The van der Waals surface area contributed by atoms with Crippen LogP contribution >= 0.6 is 0 Å². The first-order valence-corrected chi connectivity index (χ1v) is 10.3. The van der Waals surface area contributed by atoms with Crippen molar-refractivity contribution >= 4 is 16.0 Å². The molecule has 0 bridgehead atoms. The minimum Gasteiger partial charge on any atom is -0.748 e. The number of nitrogens with zero attached hydrogens (tertiary/aromatic N) is 1. The molecule has 0 saturated heterocycles. The van der Waals surface area contributed by atoms with Gasteiger partial charge in [0, 0.05) is 19.3 Å². The molecule has 0 aliphatic heterocycles. The smallest absolute Gasteiger partial charge is 0.748 e. The first-order valence-electron chi connectivity index (χ1n) is 8.72. The number of carbonyl (C=O) groups excluding carboxylic acids is 1. The number of amides is 1. The summed E-state index contributed by atoms with van der Waals surface area (Å²) in [6.07, 6.45) is 14.6. The van der Waals surface area contributed by atoms with Crippen molar-refractivity contribution in [3.05, 3.63) is 12.2 Å². The maximum Gasteiger partial charge on any atom is 1.00 e. The van der Waals surface area contributed by atoms with E-state index >= 15 is 0 Å². The topological polar surface area (TPSA) is 77.5 Å². The summed E-state index contributed by atoms with van der Waals surface area (Å²) in [5.41, 5.74) is 0. The SMILES string of the molecule is CCCCCCCCCC/C=C/C(=O)N(C)CCCS(=O)(=O)[O-].[Na+]. The molecule has 5 nitrogen and oxygen atoms in total. The third kappa shape index (κ3) is 18.5. The van der Waals surface area contributed by atoms with Crippen LogP contribution in [0.3, 0.4) is 0 Å². The van der Waals surface area contributed by atoms with Gasteiger partial charge >= 0.3 is 29.6 Å². The van der Waals surface area contributed by atoms with Crippen LogP contribution in [-0.2, 0) is 14.9 Å². The molecule has 0 N–H and O–H groups in total. The molecule has 0 heterocycles. The van der Waals surface area contributed by atoms with E-state index in [1.165, 1.54) is 55.9 Å². The molecule has 24 heavy (non-hydrogen) atoms. The van der Waals surface area contributed by atoms with Crippen molar-refractivity contribution in [2.75, 3.05) is 19.3 Å². The Balaban J connectivity index is 0. The summed E-state index contributed by atoms with van der Waals surface area (Å²) in [5.74, 6) is -0.570. The summed E-state index contributed by atoms with van der Waals surface area (Å²) < 4.78 is 31.4. The monoisotopic (exact) mass is 369 g/mol. The largest absolute Gasteiger partial charge is 1.00 e. The van der Waals surface area contributed by atoms with E-state index in [1.807, 2.05) is 6.08 Å². The Kier molecular flexibility index (Phi) is 18.2. The molecule has 0 aromatic rings. The van der Waals surface area contributed by atoms with Crippen LogP contribution in [0.4, 0.5) is 0 Å². The summed E-state index contributed by atoms with van der Waals surface area (Å²) in [6, 6.07) is 0. The summed E-state index contributed by atoms with van der Waals surface area (Å²) in [4.78, 5) is 13.2. The van der Waals surface area contributed by atoms with Crippen molar-refractivity contribution in [2.24, 2.45) is 0 Å². The van der Waals surface area contributed by atoms with Gasteiger partial charge in [0.25, 0.3) is 0 Å². The normalized spacial score (nSPS) is 11.5. The molecule has 0 aliphatic carbocycles. The Bertz CT molecular complexity index is 438. The fraction of sp³-hybridized carbons (Fsp3) is 0.824. The molecule has 0 rings (SSSR count). The van der Waals surface area contributed by atoms with Gasteiger partial charge in [-0.3, -0.25) is 4.79 Å². The fourth-order valence-corrected chi connectivity index (χ4v) is 2.78. The van der Waals surface area contributed by atoms with Gasteiger partial charge in [0.15, 0.2) is 0 Å². The molecule has 0 aliphatic rings. The van der Waals surface area contributed by atoms with Crippen LogP contribution in [0.2, 0.25) is 0 Å². The zero-order valence-corrected chi connectivity index (χ0v) is 18.4. The molecule has 0 atom stereocenters. The summed E-state index contributed by atoms with van der Waals surface area (Å²) in [7, 11) is -2.58. The van der Waals surface area contributed by atoms with Crippen LogP contribution in [0, 0.1) is 0 Å². The van der Waals surface area contributed by atoms with E-state index < -0.39 is 15.9 Å². The van der Waals surface area contributed by atoms with E-state index in [2.05, 4.69) is 6.92 Å². The minimum atomic E-state index is -4.19. The predicted molar refractivity (Wildman–Crippen MR) is 93.2 cm³/mol. The predicted octanol–water partition coefficient (Wildman–Crippen LogP) is 0.471. The van der Waals surface area contributed by atoms with Crippen LogP contribution in [-0.4, -0.2) is 43.1 Å². The Morgan fingerprint density at radius 2 is 1.54 bits per heavy atom. The fourth-order valence-electron chi connectivity index (χ4n) is 2.30. The van der Waals surface area contributed by atoms with Crippen LogP contribution in [0.5, 0.6) is 0 Å². The molecule has 0 radical (unpaired) electrons. The third-order valence-corrected chi connectivity index (χ3v) is 4.54. The second-order valence-electron chi connectivity index (χ2n) is 6.04. The number of rotatable bonds is 14. The first kappa shape index (κ1) is 26.4. The van der Waals surface area contributed by atoms with Gasteiger partial charge in [0.1, 0.15) is 0 Å². The van der Waals surface area contributed by atoms with Gasteiger partial charge in [0.2, 0.25) is 5.91 Å². The van der Waals surface area contributed by atoms with Gasteiger partial charge in [-0.05, 0) is 25.3 Å². The molecular weight excluding hydrogens is 337 g/mol. The van der Waals surface area contributed by atoms with Crippen molar-refractivity contribution < 1.29 is 47.3 Å². The van der Waals surface area contributed by atoms with Crippen molar-refractivity contribution in [1.29, 1.82) is 0 Å². The molecule has 0 spiro atoms. The maximum atomic E-state index is 11.7. The second-order valence-corrected chi connectivity index (χ2v) is 7.56. The minimum absolute atomic E-state index is 0. The summed E-state index contributed by atoms with van der Waals surface area (Å²) in [5, 5.41) is 0. The quantitative estimate of drug-likeness (QED) is 0.193. The molecule has 0 unspecified atom stereocenters. The number of unbranched alkanes of at least 4 members (excludes halogenated alkanes) is 8. The number of hydrogen-bond acceptors (Lipinski definition) is 4. The van der Waals surface area contributed by atoms with E-state index in [0.717, 1.165) is 12.8 Å². The Labute approximate surface area is 170 Å². The van der Waals surface area contributed by atoms with Gasteiger partial charge in [-0.1, -0.05) is 57.9 Å². The van der Waals surface area contributed by atoms with Crippen molar-refractivity contribution in [3.63, 3.8) is 0 Å². The van der Waals surface area contributed by atoms with Gasteiger partial charge in [-0.2, -0.15) is 0 Å². The average molecular weight is 370 g/mol. The van der Waals surface area contributed by atoms with E-state index in [9.17, 15) is 17.8 Å². The van der Waals surface area contributed by atoms with Gasteiger partial charge < -0.3 is 9.45 Å². The number of allylic oxidation sites excluding steroid dienone is 1. The molecule has 0 saturated carbocycles. The van der Waals surface area contributed by atoms with Crippen molar-refractivity contribution in [3.8, 4) is 0 Å². The molecule has 1 amide bonds. The molecule has 0 fully saturated rings. The Morgan fingerprint density at radius 1 is 1.00 bits per heavy atom. The standard InChI is InChI=1S/C17H33NO4S.Na/c1-3-4-5-6-7-8-9-10-11-12-14-17(19)18(2)15-13-16-23(20,21)22;/h12,14H,3-11,13,15-16H2,1-2H3,(H,20,21,22);/q;+1/p-1/b14-12+;. The number of carbonyl (C=O) groups is 1. The average Bonchev–Trinajstić information content (AvgIpc) is 2.47. The van der Waals surface area contributed by atoms with Gasteiger partial charge in [-0.15, -0.1) is 0 Å². The van der Waals surface area contributed by atoms with E-state index in [0.29, 0.717) is 0 Å². The van der Waals surface area contributed by atoms with Crippen LogP contribution < -0.4 is 29.6 Å². The molecule has 136 valence electrons. The molecule has 7 heteroatoms. The number of hydrogen-bond donors (Lipinski definition) is 0. The first-order chi connectivity index (χ1) is 10.9. The van der Waals surface area contributed by atoms with Crippen LogP contribution in [0.15, 0.2) is 12.2 Å². The maximum absolute atomic E-state index is 11.7. The molecule has 0 aromatic heterocycles. The van der Waals surface area contributed by atoms with Crippen molar-refractivity contribution in [2.45, 2.75) is 71.1 Å². The summed E-state index contributed by atoms with van der Waals surface area (Å²) in [6.45, 7) is 2.50. The van der Waals surface area contributed by atoms with E-state index in [-0.39, 0.29) is 48.4 Å². The molecular formula is C17H32NNaO4S. The van der Waals surface area contributed by atoms with E-state index in [4.69, 9.17) is 0 Å². The summed E-state index contributed by atoms with van der Waals surface area (Å²) >= 11 is 0. The molecule has 0 aromatic carbocycles. The van der Waals surface area contributed by atoms with Gasteiger partial charge in [0.05, 0.1) is 10.1 Å². The zero-order valence-electron chi connectivity index (χ0n) is 15.6. The van der Waals surface area contributed by atoms with Crippen LogP contribution in [0.25, 0.3) is 0 Å². The third-order valence-electron chi connectivity index (χ3n) is 3.75. The number of likely N-dealkylation sites (N-methyl/N-ethyl adjacent to an activating group) is 1. The Morgan fingerprint density at radius 3 is 2.08 bits per heavy atom.